The third-order valence-corrected chi connectivity index (χ3v) is 13.3. The molecule has 0 unspecified atom stereocenters. The smallest absolute Gasteiger partial charge is 0.0462 e. The van der Waals surface area contributed by atoms with E-state index >= 15 is 0 Å². The summed E-state index contributed by atoms with van der Waals surface area (Å²) in [4.78, 5) is 2.33. The molecule has 0 bridgehead atoms. The quantitative estimate of drug-likeness (QED) is 0.121. The van der Waals surface area contributed by atoms with Crippen LogP contribution in [0.5, 0.6) is 0 Å². The first kappa shape index (κ1) is 46.2. The Labute approximate surface area is 431 Å². The molecule has 0 aliphatic rings. The van der Waals surface area contributed by atoms with E-state index in [0.29, 0.717) is 0 Å². The maximum atomic E-state index is 5.70. The summed E-state index contributed by atoms with van der Waals surface area (Å²) in [6.45, 7) is 0. The van der Waals surface area contributed by atoms with Crippen LogP contribution >= 0.6 is 22.6 Å². The summed E-state index contributed by atoms with van der Waals surface area (Å²) in [6, 6.07) is 105. The predicted molar refractivity (Wildman–Crippen MR) is 313 cm³/mol. The molecule has 0 aromatic heterocycles. The molecule has 2 N–H and O–H groups in total. The Morgan fingerprint density at radius 2 is 0.479 bits per heavy atom. The van der Waals surface area contributed by atoms with Gasteiger partial charge in [-0.3, -0.25) is 0 Å². The van der Waals surface area contributed by atoms with E-state index in [4.69, 9.17) is 5.73 Å². The van der Waals surface area contributed by atoms with Gasteiger partial charge in [0.1, 0.15) is 0 Å². The van der Waals surface area contributed by atoms with Crippen molar-refractivity contribution in [3.63, 3.8) is 0 Å². The highest BCUT2D eigenvalue weighted by molar-refractivity contribution is 14.1. The molecule has 0 amide bonds. The standard InChI is InChI=1S/C40H29N.C16H13N.C12H9I/c1-3-9-30(10-4-1)33-17-23-38(24-18-33)41(39-25-19-34(20-26-39)31-11-5-2-6-12-31)40-27-21-35(22-28-40)37-16-15-32-13-7-8-14-36(32)29-37;17-16-9-7-13(8-10-16)15-6-5-12-3-1-2-4-14(12)11-15;13-12-8-6-11(7-9-12)10-4-2-1-3-5-10/h1-29H;1-11H,17H2;1-9H. The van der Waals surface area contributed by atoms with Gasteiger partial charge < -0.3 is 10.6 Å². The number of nitrogen functional groups attached to an aromatic ring is 1. The van der Waals surface area contributed by atoms with Crippen molar-refractivity contribution in [3.05, 3.63) is 301 Å². The number of rotatable bonds is 8. The molecule has 0 atom stereocenters. The number of benzene rings is 12. The largest absolute Gasteiger partial charge is 0.399 e. The van der Waals surface area contributed by atoms with Gasteiger partial charge in [-0.15, -0.1) is 0 Å². The van der Waals surface area contributed by atoms with Gasteiger partial charge in [-0.2, -0.15) is 0 Å². The summed E-state index contributed by atoms with van der Waals surface area (Å²) in [6.07, 6.45) is 0. The molecule has 0 spiro atoms. The van der Waals surface area contributed by atoms with Gasteiger partial charge >= 0.3 is 0 Å². The Morgan fingerprint density at radius 1 is 0.225 bits per heavy atom. The van der Waals surface area contributed by atoms with Crippen LogP contribution < -0.4 is 10.6 Å². The second-order valence-corrected chi connectivity index (χ2v) is 18.6. The molecule has 0 saturated heterocycles. The molecule has 0 radical (unpaired) electrons. The molecule has 0 fully saturated rings. The summed E-state index contributed by atoms with van der Waals surface area (Å²) in [5.74, 6) is 0. The highest BCUT2D eigenvalue weighted by Crippen LogP contribution is 2.38. The molecule has 2 nitrogen and oxygen atoms in total. The van der Waals surface area contributed by atoms with Crippen LogP contribution in [0.15, 0.2) is 297 Å². The van der Waals surface area contributed by atoms with Gasteiger partial charge in [0, 0.05) is 26.3 Å². The van der Waals surface area contributed by atoms with Crippen LogP contribution in [0, 0.1) is 3.57 Å². The third kappa shape index (κ3) is 11.5. The van der Waals surface area contributed by atoms with E-state index in [1.165, 1.54) is 80.7 Å². The second kappa shape index (κ2) is 22.3. The predicted octanol–water partition coefficient (Wildman–Crippen LogP) is 19.4. The van der Waals surface area contributed by atoms with E-state index in [9.17, 15) is 0 Å². The third-order valence-electron chi connectivity index (χ3n) is 12.6. The van der Waals surface area contributed by atoms with Crippen molar-refractivity contribution in [2.45, 2.75) is 0 Å². The van der Waals surface area contributed by atoms with Gasteiger partial charge in [0.05, 0.1) is 0 Å². The van der Waals surface area contributed by atoms with Gasteiger partial charge in [0.2, 0.25) is 0 Å². The summed E-state index contributed by atoms with van der Waals surface area (Å²) >= 11 is 2.32. The van der Waals surface area contributed by atoms with Crippen LogP contribution in [0.4, 0.5) is 22.7 Å². The molecule has 0 aliphatic heterocycles. The number of nitrogens with two attached hydrogens (primary N) is 1. The number of hydrogen-bond acceptors (Lipinski definition) is 2. The average Bonchev–Trinajstić information content (AvgIpc) is 3.45. The van der Waals surface area contributed by atoms with Crippen LogP contribution in [0.3, 0.4) is 0 Å². The van der Waals surface area contributed by atoms with Crippen molar-refractivity contribution in [3.8, 4) is 55.6 Å². The number of hydrogen-bond donors (Lipinski definition) is 1. The van der Waals surface area contributed by atoms with E-state index < -0.39 is 0 Å². The zero-order valence-electron chi connectivity index (χ0n) is 39.2. The van der Waals surface area contributed by atoms with Crippen molar-refractivity contribution in [1.29, 1.82) is 0 Å². The van der Waals surface area contributed by atoms with Gasteiger partial charge in [0.25, 0.3) is 0 Å². The van der Waals surface area contributed by atoms with Gasteiger partial charge in [-0.25, -0.2) is 0 Å². The lowest BCUT2D eigenvalue weighted by atomic mass is 10.0. The van der Waals surface area contributed by atoms with Crippen LogP contribution in [0.25, 0.3) is 77.2 Å². The Bertz CT molecular complexity index is 3510. The first-order chi connectivity index (χ1) is 35.0. The molecule has 12 rings (SSSR count). The normalized spacial score (nSPS) is 10.7. The Morgan fingerprint density at radius 3 is 0.831 bits per heavy atom. The van der Waals surface area contributed by atoms with E-state index in [-0.39, 0.29) is 0 Å². The summed E-state index contributed by atoms with van der Waals surface area (Å²) in [5.41, 5.74) is 22.1. The fourth-order valence-corrected chi connectivity index (χ4v) is 9.16. The molecular weight excluding hydrogens is 972 g/mol. The minimum absolute atomic E-state index is 0.800. The van der Waals surface area contributed by atoms with Crippen LogP contribution in [0.1, 0.15) is 0 Å². The van der Waals surface area contributed by atoms with Crippen molar-refractivity contribution >= 4 is 66.9 Å². The molecule has 12 aromatic rings. The van der Waals surface area contributed by atoms with Crippen LogP contribution in [-0.4, -0.2) is 0 Å². The summed E-state index contributed by atoms with van der Waals surface area (Å²) in [7, 11) is 0. The number of halogens is 1. The Kier molecular flexibility index (Phi) is 14.5. The lowest BCUT2D eigenvalue weighted by Gasteiger charge is -2.26. The van der Waals surface area contributed by atoms with Gasteiger partial charge in [0.15, 0.2) is 0 Å². The first-order valence-corrected chi connectivity index (χ1v) is 24.9. The first-order valence-electron chi connectivity index (χ1n) is 23.9. The topological polar surface area (TPSA) is 29.3 Å². The maximum absolute atomic E-state index is 5.70. The van der Waals surface area contributed by atoms with E-state index in [2.05, 4.69) is 307 Å². The van der Waals surface area contributed by atoms with Crippen molar-refractivity contribution in [2.75, 3.05) is 10.6 Å². The zero-order chi connectivity index (χ0) is 48.2. The number of fused-ring (bicyclic) bond motifs is 2. The monoisotopic (exact) mass is 1020 g/mol. The molecule has 0 aliphatic carbocycles. The fraction of sp³-hybridized carbons (Fsp3) is 0. The molecule has 3 heteroatoms. The molecule has 0 heterocycles. The second-order valence-electron chi connectivity index (χ2n) is 17.3. The highest BCUT2D eigenvalue weighted by Gasteiger charge is 2.14. The van der Waals surface area contributed by atoms with Gasteiger partial charge in [-0.05, 0) is 173 Å². The maximum Gasteiger partial charge on any atom is 0.0462 e. The van der Waals surface area contributed by atoms with Crippen LogP contribution in [0.2, 0.25) is 0 Å². The van der Waals surface area contributed by atoms with E-state index in [0.717, 1.165) is 22.7 Å². The number of nitrogens with zero attached hydrogens (tertiary/aromatic N) is 1. The lowest BCUT2D eigenvalue weighted by Crippen LogP contribution is -2.09. The highest BCUT2D eigenvalue weighted by atomic mass is 127. The van der Waals surface area contributed by atoms with E-state index in [1.807, 2.05) is 18.2 Å². The summed E-state index contributed by atoms with van der Waals surface area (Å²) in [5, 5.41) is 5.05. The zero-order valence-corrected chi connectivity index (χ0v) is 41.4. The number of anilines is 4. The van der Waals surface area contributed by atoms with Crippen molar-refractivity contribution in [1.82, 2.24) is 0 Å². The molecule has 0 saturated carbocycles. The van der Waals surface area contributed by atoms with E-state index in [1.54, 1.807) is 0 Å². The molecule has 340 valence electrons. The molecule has 12 aromatic carbocycles. The molecular formula is C68H51IN2. The van der Waals surface area contributed by atoms with Crippen molar-refractivity contribution in [2.24, 2.45) is 0 Å². The molecule has 71 heavy (non-hydrogen) atoms. The lowest BCUT2D eigenvalue weighted by molar-refractivity contribution is 1.28. The minimum Gasteiger partial charge on any atom is -0.399 e. The van der Waals surface area contributed by atoms with Gasteiger partial charge in [-0.1, -0.05) is 224 Å². The SMILES string of the molecule is Ic1ccc(-c2ccccc2)cc1.Nc1ccc(-c2ccc3ccccc3c2)cc1.c1ccc(-c2ccc(N(c3ccc(-c4ccccc4)cc3)c3ccc(-c4ccc5ccccc5c4)cc3)cc2)cc1. The van der Waals surface area contributed by atoms with Crippen molar-refractivity contribution < 1.29 is 0 Å². The summed E-state index contributed by atoms with van der Waals surface area (Å²) < 4.78 is 1.28. The average molecular weight is 1020 g/mol. The fourth-order valence-electron chi connectivity index (χ4n) is 8.80. The Hall–Kier alpha value is -8.51. The minimum atomic E-state index is 0.800. The Balaban J connectivity index is 0.000000157. The van der Waals surface area contributed by atoms with Crippen LogP contribution in [-0.2, 0) is 0 Å².